The van der Waals surface area contributed by atoms with Crippen molar-refractivity contribution in [3.05, 3.63) is 144 Å². The number of benzene rings is 4. The van der Waals surface area contributed by atoms with Crippen molar-refractivity contribution in [3.8, 4) is 0 Å². The molecule has 6 rings (SSSR count). The Labute approximate surface area is 289 Å². The molecule has 0 aromatic heterocycles. The lowest BCUT2D eigenvalue weighted by Gasteiger charge is -2.52. The Morgan fingerprint density at radius 2 is 1.33 bits per heavy atom. The molecule has 4 aromatic rings. The first-order valence-corrected chi connectivity index (χ1v) is 17.4. The van der Waals surface area contributed by atoms with Crippen molar-refractivity contribution in [1.82, 2.24) is 20.4 Å². The number of unbranched alkanes of at least 4 members (excludes halogenated alkanes) is 1. The first kappa shape index (κ1) is 33.9. The van der Waals surface area contributed by atoms with E-state index < -0.39 is 17.7 Å². The highest BCUT2D eigenvalue weighted by atomic mass is 16.5. The molecule has 254 valence electrons. The fourth-order valence-corrected chi connectivity index (χ4v) is 7.15. The van der Waals surface area contributed by atoms with Crippen molar-refractivity contribution in [3.63, 3.8) is 0 Å². The van der Waals surface area contributed by atoms with Gasteiger partial charge in [-0.05, 0) is 54.4 Å². The van der Waals surface area contributed by atoms with Gasteiger partial charge in [-0.1, -0.05) is 121 Å². The van der Waals surface area contributed by atoms with Gasteiger partial charge in [-0.15, -0.1) is 0 Å². The topological polar surface area (TPSA) is 91.0 Å². The van der Waals surface area contributed by atoms with Crippen LogP contribution in [0.5, 0.6) is 0 Å². The van der Waals surface area contributed by atoms with Crippen LogP contribution >= 0.6 is 0 Å². The third kappa shape index (κ3) is 8.56. The van der Waals surface area contributed by atoms with Crippen LogP contribution in [0.25, 0.3) is 0 Å². The van der Waals surface area contributed by atoms with Gasteiger partial charge < -0.3 is 20.3 Å². The lowest BCUT2D eigenvalue weighted by atomic mass is 9.79. The van der Waals surface area contributed by atoms with E-state index in [1.54, 1.807) is 0 Å². The lowest BCUT2D eigenvalue weighted by molar-refractivity contribution is -0.161. The molecule has 3 amide bonds. The smallest absolute Gasteiger partial charge is 0.407 e. The Bertz CT molecular complexity index is 1600. The molecular formula is C41H46N4O4. The summed E-state index contributed by atoms with van der Waals surface area (Å²) >= 11 is 0. The summed E-state index contributed by atoms with van der Waals surface area (Å²) in [6.45, 7) is 3.33. The van der Waals surface area contributed by atoms with Gasteiger partial charge in [0.1, 0.15) is 18.2 Å². The fourth-order valence-electron chi connectivity index (χ4n) is 7.15. The van der Waals surface area contributed by atoms with Crippen LogP contribution in [0, 0.1) is 0 Å². The van der Waals surface area contributed by atoms with Gasteiger partial charge in [0.15, 0.2) is 0 Å². The van der Waals surface area contributed by atoms with Crippen LogP contribution in [0.15, 0.2) is 121 Å². The molecule has 49 heavy (non-hydrogen) atoms. The van der Waals surface area contributed by atoms with Crippen LogP contribution in [0.1, 0.15) is 60.3 Å². The third-order valence-corrected chi connectivity index (χ3v) is 9.91. The second-order valence-corrected chi connectivity index (χ2v) is 13.1. The van der Waals surface area contributed by atoms with Crippen LogP contribution in [0.4, 0.5) is 4.79 Å². The zero-order chi connectivity index (χ0) is 33.9. The summed E-state index contributed by atoms with van der Waals surface area (Å²) in [7, 11) is 0. The van der Waals surface area contributed by atoms with Gasteiger partial charge in [0.05, 0.1) is 0 Å². The normalized spacial score (nSPS) is 17.6. The maximum atomic E-state index is 14.5. The highest BCUT2D eigenvalue weighted by Crippen LogP contribution is 2.37. The molecule has 1 unspecified atom stereocenters. The summed E-state index contributed by atoms with van der Waals surface area (Å²) in [5.74, 6) is -0.162. The zero-order valence-electron chi connectivity index (χ0n) is 28.0. The van der Waals surface area contributed by atoms with E-state index in [-0.39, 0.29) is 24.3 Å². The Morgan fingerprint density at radius 1 is 0.776 bits per heavy atom. The molecule has 2 saturated heterocycles. The molecule has 0 aliphatic carbocycles. The minimum Gasteiger partial charge on any atom is -0.445 e. The van der Waals surface area contributed by atoms with E-state index in [4.69, 9.17) is 4.74 Å². The summed E-state index contributed by atoms with van der Waals surface area (Å²) in [5, 5.41) is 5.95. The van der Waals surface area contributed by atoms with Gasteiger partial charge in [-0.25, -0.2) is 4.79 Å². The molecule has 8 heteroatoms. The minimum atomic E-state index is -0.910. The summed E-state index contributed by atoms with van der Waals surface area (Å²) in [4.78, 5) is 45.3. The summed E-state index contributed by atoms with van der Waals surface area (Å²) < 4.78 is 5.31. The van der Waals surface area contributed by atoms with Crippen molar-refractivity contribution in [2.45, 2.75) is 62.8 Å². The Balaban J connectivity index is 1.14. The van der Waals surface area contributed by atoms with Gasteiger partial charge in [0.25, 0.3) is 0 Å². The number of piperazine rings is 1. The molecular weight excluding hydrogens is 612 g/mol. The summed E-state index contributed by atoms with van der Waals surface area (Å²) in [6.07, 6.45) is 2.52. The number of amides is 3. The highest BCUT2D eigenvalue weighted by molar-refractivity contribution is 6.00. The van der Waals surface area contributed by atoms with Gasteiger partial charge in [-0.2, -0.15) is 0 Å². The highest BCUT2D eigenvalue weighted by Gasteiger charge is 2.53. The number of nitrogens with zero attached hydrogens (tertiary/aromatic N) is 2. The molecule has 2 aliphatic heterocycles. The van der Waals surface area contributed by atoms with Gasteiger partial charge in [0, 0.05) is 38.6 Å². The van der Waals surface area contributed by atoms with Crippen LogP contribution in [-0.4, -0.2) is 65.5 Å². The Hall–Kier alpha value is -4.95. The Morgan fingerprint density at radius 3 is 1.92 bits per heavy atom. The summed E-state index contributed by atoms with van der Waals surface area (Å²) in [6, 6.07) is 39.9. The van der Waals surface area contributed by atoms with Crippen LogP contribution < -0.4 is 10.6 Å². The van der Waals surface area contributed by atoms with Crippen molar-refractivity contribution in [2.75, 3.05) is 26.2 Å². The predicted molar refractivity (Wildman–Crippen MR) is 191 cm³/mol. The second kappa shape index (κ2) is 16.4. The van der Waals surface area contributed by atoms with E-state index in [1.807, 2.05) is 77.7 Å². The molecule has 0 bridgehead atoms. The van der Waals surface area contributed by atoms with Gasteiger partial charge in [0.2, 0.25) is 11.8 Å². The number of alkyl carbamates (subject to hydrolysis) is 1. The number of hydrogen-bond acceptors (Lipinski definition) is 5. The van der Waals surface area contributed by atoms with Crippen molar-refractivity contribution in [1.29, 1.82) is 0 Å². The summed E-state index contributed by atoms with van der Waals surface area (Å²) in [5.41, 5.74) is 3.49. The zero-order valence-corrected chi connectivity index (χ0v) is 28.0. The van der Waals surface area contributed by atoms with Crippen molar-refractivity contribution >= 4 is 17.9 Å². The number of hydrogen-bond donors (Lipinski definition) is 2. The first-order chi connectivity index (χ1) is 24.0. The van der Waals surface area contributed by atoms with Crippen LogP contribution in [0.3, 0.4) is 0 Å². The lowest BCUT2D eigenvalue weighted by Crippen LogP contribution is -2.73. The van der Waals surface area contributed by atoms with E-state index in [9.17, 15) is 14.4 Å². The van der Waals surface area contributed by atoms with E-state index in [0.717, 1.165) is 36.3 Å². The molecule has 2 N–H and O–H groups in total. The number of rotatable bonds is 13. The quantitative estimate of drug-likeness (QED) is 0.165. The van der Waals surface area contributed by atoms with Crippen LogP contribution in [0.2, 0.25) is 0 Å². The number of ether oxygens (including phenoxy) is 1. The maximum absolute atomic E-state index is 14.5. The van der Waals surface area contributed by atoms with E-state index in [2.05, 4.69) is 64.1 Å². The Kier molecular flexibility index (Phi) is 11.4. The van der Waals surface area contributed by atoms with E-state index >= 15 is 0 Å². The number of nitrogens with one attached hydrogen (secondary N) is 2. The van der Waals surface area contributed by atoms with Gasteiger partial charge >= 0.3 is 6.09 Å². The fraction of sp³-hybridized carbons (Fsp3) is 0.341. The number of carbonyl (C=O) groups excluding carboxylic acids is 3. The molecule has 0 saturated carbocycles. The molecule has 4 aromatic carbocycles. The standard InChI is InChI=1S/C41H46N4O4/c46-38-37(23-13-14-26-42-40(48)49-31-33-17-7-2-8-18-33)43-39(47)41(24-27-44(28-25-41)29-32-15-5-1-6-16-32)45(38)30-36(34-19-9-3-10-20-34)35-21-11-4-12-22-35/h1-12,15-22,36-37H,13-14,23-31H2,(H,42,48)(H,43,47). The van der Waals surface area contributed by atoms with E-state index in [1.165, 1.54) is 5.56 Å². The predicted octanol–water partition coefficient (Wildman–Crippen LogP) is 6.28. The molecule has 8 nitrogen and oxygen atoms in total. The number of likely N-dealkylation sites (tertiary alicyclic amines) is 1. The number of carbonyl (C=O) groups is 3. The molecule has 1 atom stereocenters. The average molecular weight is 659 g/mol. The van der Waals surface area contributed by atoms with Crippen molar-refractivity contribution < 1.29 is 19.1 Å². The molecule has 1 spiro atoms. The third-order valence-electron chi connectivity index (χ3n) is 9.91. The SMILES string of the molecule is O=C(NCCCCC1NC(=O)C2(CCN(Cc3ccccc3)CC2)N(CC(c2ccccc2)c2ccccc2)C1=O)OCc1ccccc1. The first-order valence-electron chi connectivity index (χ1n) is 17.4. The largest absolute Gasteiger partial charge is 0.445 e. The number of piperidine rings is 1. The molecule has 0 radical (unpaired) electrons. The average Bonchev–Trinajstić information content (AvgIpc) is 3.15. The molecule has 2 heterocycles. The minimum absolute atomic E-state index is 0.0248. The molecule has 2 fully saturated rings. The maximum Gasteiger partial charge on any atom is 0.407 e. The van der Waals surface area contributed by atoms with E-state index in [0.29, 0.717) is 45.2 Å². The molecule has 2 aliphatic rings. The van der Waals surface area contributed by atoms with Crippen molar-refractivity contribution in [2.24, 2.45) is 0 Å². The second-order valence-electron chi connectivity index (χ2n) is 13.1. The monoisotopic (exact) mass is 658 g/mol. The van der Waals surface area contributed by atoms with Gasteiger partial charge in [-0.3, -0.25) is 14.5 Å². The van der Waals surface area contributed by atoms with Crippen LogP contribution in [-0.2, 0) is 27.5 Å².